The molecule has 1 fully saturated rings. The molecule has 0 spiro atoms. The van der Waals surface area contributed by atoms with Crippen LogP contribution < -0.4 is 5.73 Å². The second-order valence-electron chi connectivity index (χ2n) is 8.37. The molecule has 0 bridgehead atoms. The van der Waals surface area contributed by atoms with Gasteiger partial charge in [-0.3, -0.25) is 4.79 Å². The van der Waals surface area contributed by atoms with Crippen LogP contribution in [-0.2, 0) is 11.3 Å². The van der Waals surface area contributed by atoms with E-state index in [1.165, 1.54) is 6.33 Å². The molecule has 0 aliphatic carbocycles. The second-order valence-corrected chi connectivity index (χ2v) is 8.37. The summed E-state index contributed by atoms with van der Waals surface area (Å²) in [5.74, 6) is 2.49. The van der Waals surface area contributed by atoms with Crippen molar-refractivity contribution in [1.82, 2.24) is 34.4 Å². The molecule has 3 aromatic heterocycles. The Morgan fingerprint density at radius 2 is 1.79 bits per heavy atom. The first-order chi connectivity index (χ1) is 16.4. The number of likely N-dealkylation sites (tertiary alicyclic amines) is 1. The molecule has 0 saturated carbocycles. The number of nitrogens with two attached hydrogens (primary N) is 1. The normalized spacial score (nSPS) is 14.1. The maximum Gasteiger partial charge on any atom is 0.225 e. The lowest BCUT2D eigenvalue weighted by Crippen LogP contribution is -2.41. The number of carbonyl (C=O) groups excluding carboxylic acids is 1. The van der Waals surface area contributed by atoms with Crippen molar-refractivity contribution in [2.75, 3.05) is 18.8 Å². The van der Waals surface area contributed by atoms with E-state index >= 15 is 0 Å². The molecular formula is C24H33N9O. The Morgan fingerprint density at radius 3 is 2.35 bits per heavy atom. The number of aryl methyl sites for hydroxylation is 2. The summed E-state index contributed by atoms with van der Waals surface area (Å²) in [5.41, 5.74) is 8.01. The zero-order chi connectivity index (χ0) is 24.7. The van der Waals surface area contributed by atoms with Gasteiger partial charge in [0.25, 0.3) is 0 Å². The van der Waals surface area contributed by atoms with Gasteiger partial charge in [-0.05, 0) is 39.5 Å². The fourth-order valence-electron chi connectivity index (χ4n) is 4.11. The van der Waals surface area contributed by atoms with Crippen LogP contribution in [0.15, 0.2) is 18.7 Å². The summed E-state index contributed by atoms with van der Waals surface area (Å²) in [4.78, 5) is 35.0. The first-order valence-electron chi connectivity index (χ1n) is 11.9. The van der Waals surface area contributed by atoms with Gasteiger partial charge in [-0.2, -0.15) is 5.26 Å². The minimum atomic E-state index is 0.163. The molecule has 3 aromatic rings. The second kappa shape index (κ2) is 11.5. The predicted molar refractivity (Wildman–Crippen MR) is 130 cm³/mol. The van der Waals surface area contributed by atoms with Crippen molar-refractivity contribution in [1.29, 1.82) is 5.26 Å². The van der Waals surface area contributed by atoms with Crippen LogP contribution in [0.5, 0.6) is 0 Å². The van der Waals surface area contributed by atoms with Gasteiger partial charge in [0.2, 0.25) is 5.91 Å². The molecule has 34 heavy (non-hydrogen) atoms. The summed E-state index contributed by atoms with van der Waals surface area (Å²) in [7, 11) is 0. The predicted octanol–water partition coefficient (Wildman–Crippen LogP) is 3.38. The number of hydrogen-bond donors (Lipinski definition) is 1. The monoisotopic (exact) mass is 463 g/mol. The van der Waals surface area contributed by atoms with E-state index in [0.717, 1.165) is 68.2 Å². The molecule has 10 nitrogen and oxygen atoms in total. The first-order valence-corrected chi connectivity index (χ1v) is 11.9. The number of nitrogen functional groups attached to an aromatic ring is 1. The van der Waals surface area contributed by atoms with E-state index in [2.05, 4.69) is 44.8 Å². The largest absolute Gasteiger partial charge is 0.382 e. The molecule has 0 radical (unpaired) electrons. The van der Waals surface area contributed by atoms with Crippen LogP contribution in [-0.4, -0.2) is 53.4 Å². The zero-order valence-electron chi connectivity index (χ0n) is 20.4. The topological polar surface area (TPSA) is 140 Å². The Labute approximate surface area is 200 Å². The highest BCUT2D eigenvalue weighted by Crippen LogP contribution is 2.24. The number of imidazole rings is 1. The summed E-state index contributed by atoms with van der Waals surface area (Å²) in [6.45, 7) is 10.3. The molecule has 4 rings (SSSR count). The van der Waals surface area contributed by atoms with Gasteiger partial charge in [-0.25, -0.2) is 24.9 Å². The molecule has 1 aliphatic rings. The highest BCUT2D eigenvalue weighted by Gasteiger charge is 2.26. The number of piperidine rings is 1. The van der Waals surface area contributed by atoms with E-state index in [9.17, 15) is 4.79 Å². The molecule has 180 valence electrons. The average molecular weight is 464 g/mol. The number of nitrogens with zero attached hydrogens (tertiary/aromatic N) is 8. The summed E-state index contributed by atoms with van der Waals surface area (Å²) >= 11 is 0. The molecule has 1 amide bonds. The van der Waals surface area contributed by atoms with Crippen molar-refractivity contribution in [2.45, 2.75) is 59.9 Å². The third-order valence-corrected chi connectivity index (χ3v) is 6.24. The van der Waals surface area contributed by atoms with Gasteiger partial charge >= 0.3 is 0 Å². The van der Waals surface area contributed by atoms with E-state index in [1.54, 1.807) is 12.4 Å². The fourth-order valence-corrected chi connectivity index (χ4v) is 4.11. The molecule has 0 unspecified atom stereocenters. The smallest absolute Gasteiger partial charge is 0.225 e. The lowest BCUT2D eigenvalue weighted by Gasteiger charge is -2.31. The Balaban J connectivity index is 0.000000197. The third kappa shape index (κ3) is 5.47. The van der Waals surface area contributed by atoms with Crippen LogP contribution in [0, 0.1) is 30.1 Å². The average Bonchev–Trinajstić information content (AvgIpc) is 3.25. The van der Waals surface area contributed by atoms with E-state index in [1.807, 2.05) is 23.3 Å². The number of rotatable bonds is 5. The number of aromatic nitrogens is 6. The van der Waals surface area contributed by atoms with Crippen molar-refractivity contribution in [3.63, 3.8) is 0 Å². The third-order valence-electron chi connectivity index (χ3n) is 6.24. The van der Waals surface area contributed by atoms with E-state index in [0.29, 0.717) is 11.3 Å². The van der Waals surface area contributed by atoms with Gasteiger partial charge in [0.05, 0.1) is 11.6 Å². The highest BCUT2D eigenvalue weighted by atomic mass is 16.2. The maximum absolute atomic E-state index is 12.0. The summed E-state index contributed by atoms with van der Waals surface area (Å²) < 4.78 is 1.97. The minimum Gasteiger partial charge on any atom is -0.382 e. The van der Waals surface area contributed by atoms with E-state index in [-0.39, 0.29) is 17.7 Å². The number of carbonyl (C=O) groups is 1. The number of hydrogen-bond acceptors (Lipinski definition) is 8. The molecule has 0 aromatic carbocycles. The molecule has 1 aliphatic heterocycles. The quantitative estimate of drug-likeness (QED) is 0.607. The molecule has 1 saturated heterocycles. The Morgan fingerprint density at radius 1 is 1.15 bits per heavy atom. The first kappa shape index (κ1) is 25.0. The van der Waals surface area contributed by atoms with Crippen LogP contribution >= 0.6 is 0 Å². The van der Waals surface area contributed by atoms with Gasteiger partial charge < -0.3 is 15.2 Å². The Bertz CT molecular complexity index is 1140. The molecule has 4 heterocycles. The van der Waals surface area contributed by atoms with Gasteiger partial charge in [0, 0.05) is 43.9 Å². The minimum absolute atomic E-state index is 0.163. The van der Waals surface area contributed by atoms with Crippen molar-refractivity contribution in [2.24, 2.45) is 11.8 Å². The lowest BCUT2D eigenvalue weighted by atomic mass is 9.95. The molecule has 10 heteroatoms. The molecule has 2 N–H and O–H groups in total. The standard InChI is InChI=1S/C12H13N7.C12H20N2O/c1-3-19-11(8-4-14-7(2)15-5-8)18-9-10(13)16-6-17-12(9)19;1-3-11(4-2)12(15)14-7-5-10(9-13)6-8-14/h4-6H,3H2,1-2H3,(H2,13,16,17);10-11H,3-8H2,1-2H3. The number of amides is 1. The Kier molecular flexibility index (Phi) is 8.46. The maximum atomic E-state index is 12.0. The van der Waals surface area contributed by atoms with Crippen molar-refractivity contribution >= 4 is 22.9 Å². The van der Waals surface area contributed by atoms with Gasteiger partial charge in [0.15, 0.2) is 17.0 Å². The molecular weight excluding hydrogens is 430 g/mol. The van der Waals surface area contributed by atoms with Crippen molar-refractivity contribution in [3.05, 3.63) is 24.5 Å². The van der Waals surface area contributed by atoms with Crippen LogP contribution in [0.25, 0.3) is 22.6 Å². The highest BCUT2D eigenvalue weighted by molar-refractivity contribution is 5.85. The summed E-state index contributed by atoms with van der Waals surface area (Å²) in [5, 5.41) is 8.76. The van der Waals surface area contributed by atoms with Gasteiger partial charge in [0.1, 0.15) is 18.0 Å². The summed E-state index contributed by atoms with van der Waals surface area (Å²) in [6.07, 6.45) is 8.49. The van der Waals surface area contributed by atoms with Crippen LogP contribution in [0.4, 0.5) is 5.82 Å². The zero-order valence-corrected chi connectivity index (χ0v) is 20.4. The van der Waals surface area contributed by atoms with Gasteiger partial charge in [-0.1, -0.05) is 13.8 Å². The van der Waals surface area contributed by atoms with Crippen LogP contribution in [0.3, 0.4) is 0 Å². The van der Waals surface area contributed by atoms with E-state index in [4.69, 9.17) is 11.0 Å². The number of nitriles is 1. The fraction of sp³-hybridized carbons (Fsp3) is 0.542. The number of anilines is 1. The van der Waals surface area contributed by atoms with Crippen LogP contribution in [0.1, 0.15) is 52.3 Å². The van der Waals surface area contributed by atoms with Crippen molar-refractivity contribution < 1.29 is 4.79 Å². The number of fused-ring (bicyclic) bond motifs is 1. The lowest BCUT2D eigenvalue weighted by molar-refractivity contribution is -0.136. The van der Waals surface area contributed by atoms with Gasteiger partial charge in [-0.15, -0.1) is 0 Å². The SMILES string of the molecule is CCC(CC)C(=O)N1CCC(C#N)CC1.CCn1c(-c2cnc(C)nc2)nc2c(N)ncnc21. The molecule has 0 atom stereocenters. The van der Waals surface area contributed by atoms with Crippen molar-refractivity contribution in [3.8, 4) is 17.5 Å². The van der Waals surface area contributed by atoms with Crippen LogP contribution in [0.2, 0.25) is 0 Å². The van der Waals surface area contributed by atoms with E-state index < -0.39 is 0 Å². The Hall–Kier alpha value is -3.61. The summed E-state index contributed by atoms with van der Waals surface area (Å²) in [6, 6.07) is 2.28.